The first-order valence-corrected chi connectivity index (χ1v) is 11.1. The van der Waals surface area contributed by atoms with Gasteiger partial charge in [-0.15, -0.1) is 11.3 Å². The molecular formula is C22H25N3O5S. The van der Waals surface area contributed by atoms with Crippen LogP contribution in [0, 0.1) is 0 Å². The van der Waals surface area contributed by atoms with E-state index in [1.54, 1.807) is 7.11 Å². The normalized spacial score (nSPS) is 16.4. The van der Waals surface area contributed by atoms with E-state index in [2.05, 4.69) is 15.3 Å². The van der Waals surface area contributed by atoms with Gasteiger partial charge in [-0.25, -0.2) is 4.98 Å². The van der Waals surface area contributed by atoms with Crippen LogP contribution in [0.25, 0.3) is 10.2 Å². The van der Waals surface area contributed by atoms with Crippen LogP contribution < -0.4 is 15.6 Å². The second-order valence-electron chi connectivity index (χ2n) is 7.39. The van der Waals surface area contributed by atoms with Gasteiger partial charge in [-0.05, 0) is 42.3 Å². The molecule has 1 atom stereocenters. The molecule has 0 aliphatic carbocycles. The molecule has 0 saturated carbocycles. The average Bonchev–Trinajstić information content (AvgIpc) is 3.22. The number of nitrogens with one attached hydrogen (secondary N) is 2. The lowest BCUT2D eigenvalue weighted by Crippen LogP contribution is -2.27. The number of carbonyl (C=O) groups is 1. The molecule has 164 valence electrons. The van der Waals surface area contributed by atoms with Crippen molar-refractivity contribution in [1.29, 1.82) is 0 Å². The van der Waals surface area contributed by atoms with E-state index in [0.29, 0.717) is 35.7 Å². The fourth-order valence-electron chi connectivity index (χ4n) is 3.51. The van der Waals surface area contributed by atoms with Gasteiger partial charge in [-0.2, -0.15) is 0 Å². The summed E-state index contributed by atoms with van der Waals surface area (Å²) < 4.78 is 16.6. The molecule has 3 heterocycles. The van der Waals surface area contributed by atoms with Crippen molar-refractivity contribution in [2.45, 2.75) is 38.5 Å². The molecule has 1 amide bonds. The van der Waals surface area contributed by atoms with Gasteiger partial charge < -0.3 is 24.5 Å². The molecule has 1 unspecified atom stereocenters. The molecule has 8 nitrogen and oxygen atoms in total. The Morgan fingerprint density at radius 1 is 1.39 bits per heavy atom. The highest BCUT2D eigenvalue weighted by Gasteiger charge is 2.17. The van der Waals surface area contributed by atoms with E-state index in [-0.39, 0.29) is 17.5 Å². The first-order chi connectivity index (χ1) is 15.1. The van der Waals surface area contributed by atoms with E-state index in [4.69, 9.17) is 14.2 Å². The van der Waals surface area contributed by atoms with E-state index < -0.39 is 5.91 Å². The highest BCUT2D eigenvalue weighted by molar-refractivity contribution is 7.16. The second kappa shape index (κ2) is 10.0. The van der Waals surface area contributed by atoms with Crippen LogP contribution in [0.5, 0.6) is 5.75 Å². The van der Waals surface area contributed by atoms with Gasteiger partial charge in [0, 0.05) is 18.7 Å². The van der Waals surface area contributed by atoms with Gasteiger partial charge in [0.05, 0.1) is 31.8 Å². The van der Waals surface area contributed by atoms with Crippen molar-refractivity contribution in [1.82, 2.24) is 15.3 Å². The molecule has 0 radical (unpaired) electrons. The van der Waals surface area contributed by atoms with Gasteiger partial charge >= 0.3 is 0 Å². The molecule has 1 fully saturated rings. The minimum Gasteiger partial charge on any atom is -0.497 e. The second-order valence-corrected chi connectivity index (χ2v) is 8.25. The molecule has 9 heteroatoms. The highest BCUT2D eigenvalue weighted by Crippen LogP contribution is 2.22. The van der Waals surface area contributed by atoms with Crippen LogP contribution in [0.2, 0.25) is 0 Å². The number of benzene rings is 1. The van der Waals surface area contributed by atoms with Gasteiger partial charge in [-0.3, -0.25) is 9.59 Å². The fourth-order valence-corrected chi connectivity index (χ4v) is 4.43. The molecule has 1 aromatic carbocycles. The Bertz CT molecular complexity index is 1100. The topological polar surface area (TPSA) is 103 Å². The highest BCUT2D eigenvalue weighted by atomic mass is 32.1. The number of methoxy groups -OCH3 is 1. The summed E-state index contributed by atoms with van der Waals surface area (Å²) in [7, 11) is 1.59. The summed E-state index contributed by atoms with van der Waals surface area (Å²) >= 11 is 1.33. The Morgan fingerprint density at radius 3 is 3.10 bits per heavy atom. The Morgan fingerprint density at radius 2 is 2.29 bits per heavy atom. The van der Waals surface area contributed by atoms with Crippen LogP contribution in [0.3, 0.4) is 0 Å². The van der Waals surface area contributed by atoms with Crippen molar-refractivity contribution >= 4 is 27.5 Å². The van der Waals surface area contributed by atoms with Crippen LogP contribution in [0.15, 0.2) is 34.4 Å². The Balaban J connectivity index is 1.40. The standard InChI is InChI=1S/C22H25N3O5S/c1-28-16-7-4-5-14(9-16)10-23-21(27)19-24-20(26)18-15(13-31-22(18)25-19)11-29-12-17-6-2-3-8-30-17/h4-5,7,9,13,17H,2-3,6,8,10-12H2,1H3,(H,23,27)(H,24,25,26). The molecule has 1 aliphatic heterocycles. The molecule has 2 N–H and O–H groups in total. The minimum atomic E-state index is -0.442. The molecule has 2 aromatic heterocycles. The van der Waals surface area contributed by atoms with Gasteiger partial charge in [0.1, 0.15) is 10.6 Å². The number of ether oxygens (including phenoxy) is 3. The summed E-state index contributed by atoms with van der Waals surface area (Å²) in [5, 5.41) is 5.10. The number of fused-ring (bicyclic) bond motifs is 1. The number of aromatic nitrogens is 2. The molecular weight excluding hydrogens is 418 g/mol. The van der Waals surface area contributed by atoms with Crippen molar-refractivity contribution in [2.75, 3.05) is 20.3 Å². The lowest BCUT2D eigenvalue weighted by atomic mass is 10.1. The number of carbonyl (C=O) groups excluding carboxylic acids is 1. The van der Waals surface area contributed by atoms with E-state index in [1.807, 2.05) is 29.6 Å². The van der Waals surface area contributed by atoms with Crippen LogP contribution in [0.1, 0.15) is 41.0 Å². The van der Waals surface area contributed by atoms with Crippen molar-refractivity contribution in [2.24, 2.45) is 0 Å². The monoisotopic (exact) mass is 443 g/mol. The third kappa shape index (κ3) is 5.30. The summed E-state index contributed by atoms with van der Waals surface area (Å²) in [4.78, 5) is 32.6. The number of H-pyrrole nitrogens is 1. The van der Waals surface area contributed by atoms with Gasteiger partial charge in [0.2, 0.25) is 5.82 Å². The number of rotatable bonds is 8. The summed E-state index contributed by atoms with van der Waals surface area (Å²) in [6.07, 6.45) is 3.37. The summed E-state index contributed by atoms with van der Waals surface area (Å²) in [6, 6.07) is 7.40. The minimum absolute atomic E-state index is 0.00896. The SMILES string of the molecule is COc1cccc(CNC(=O)c2nc3scc(COCC4CCCCO4)c3c(=O)[nH]2)c1. The van der Waals surface area contributed by atoms with E-state index >= 15 is 0 Å². The lowest BCUT2D eigenvalue weighted by molar-refractivity contribution is -0.0445. The number of aromatic amines is 1. The van der Waals surface area contributed by atoms with Crippen molar-refractivity contribution in [3.63, 3.8) is 0 Å². The van der Waals surface area contributed by atoms with E-state index in [9.17, 15) is 9.59 Å². The first kappa shape index (κ1) is 21.5. The summed E-state index contributed by atoms with van der Waals surface area (Å²) in [5.74, 6) is 0.260. The maximum Gasteiger partial charge on any atom is 0.287 e. The first-order valence-electron chi connectivity index (χ1n) is 10.2. The van der Waals surface area contributed by atoms with Crippen molar-refractivity contribution in [3.8, 4) is 5.75 Å². The average molecular weight is 444 g/mol. The van der Waals surface area contributed by atoms with E-state index in [0.717, 1.165) is 37.0 Å². The maximum absolute atomic E-state index is 12.6. The number of hydrogen-bond donors (Lipinski definition) is 2. The number of nitrogens with zero attached hydrogens (tertiary/aromatic N) is 1. The molecule has 1 aliphatic rings. The lowest BCUT2D eigenvalue weighted by Gasteiger charge is -2.22. The maximum atomic E-state index is 12.6. The zero-order chi connectivity index (χ0) is 21.6. The molecule has 0 spiro atoms. The van der Waals surface area contributed by atoms with Crippen LogP contribution in [-0.4, -0.2) is 42.3 Å². The molecule has 4 rings (SSSR count). The van der Waals surface area contributed by atoms with Crippen molar-refractivity contribution < 1.29 is 19.0 Å². The third-order valence-electron chi connectivity index (χ3n) is 5.16. The summed E-state index contributed by atoms with van der Waals surface area (Å²) in [6.45, 7) is 1.89. The quantitative estimate of drug-likeness (QED) is 0.555. The summed E-state index contributed by atoms with van der Waals surface area (Å²) in [5.41, 5.74) is 1.31. The number of amides is 1. The largest absolute Gasteiger partial charge is 0.497 e. The van der Waals surface area contributed by atoms with Gasteiger partial charge in [0.15, 0.2) is 0 Å². The zero-order valence-corrected chi connectivity index (χ0v) is 18.1. The van der Waals surface area contributed by atoms with Gasteiger partial charge in [0.25, 0.3) is 11.5 Å². The zero-order valence-electron chi connectivity index (χ0n) is 17.3. The van der Waals surface area contributed by atoms with Crippen LogP contribution in [-0.2, 0) is 22.6 Å². The van der Waals surface area contributed by atoms with E-state index in [1.165, 1.54) is 11.3 Å². The predicted octanol–water partition coefficient (Wildman–Crippen LogP) is 3.01. The van der Waals surface area contributed by atoms with Crippen molar-refractivity contribution in [3.05, 3.63) is 57.0 Å². The predicted molar refractivity (Wildman–Crippen MR) is 118 cm³/mol. The van der Waals surface area contributed by atoms with Crippen LogP contribution >= 0.6 is 11.3 Å². The Hall–Kier alpha value is -2.75. The number of thiophene rings is 1. The Labute approximate surface area is 183 Å². The Kier molecular flexibility index (Phi) is 6.96. The molecule has 0 bridgehead atoms. The smallest absolute Gasteiger partial charge is 0.287 e. The molecule has 1 saturated heterocycles. The third-order valence-corrected chi connectivity index (χ3v) is 6.08. The molecule has 31 heavy (non-hydrogen) atoms. The number of hydrogen-bond acceptors (Lipinski definition) is 7. The van der Waals surface area contributed by atoms with Gasteiger partial charge in [-0.1, -0.05) is 12.1 Å². The van der Waals surface area contributed by atoms with Crippen LogP contribution in [0.4, 0.5) is 0 Å². The fraction of sp³-hybridized carbons (Fsp3) is 0.409. The molecule has 3 aromatic rings.